The summed E-state index contributed by atoms with van der Waals surface area (Å²) < 4.78 is 5.23. The molecule has 0 bridgehead atoms. The average Bonchev–Trinajstić information content (AvgIpc) is 3.43. The van der Waals surface area contributed by atoms with Crippen molar-refractivity contribution in [2.75, 3.05) is 24.6 Å². The van der Waals surface area contributed by atoms with Gasteiger partial charge in [0.1, 0.15) is 33.6 Å². The van der Waals surface area contributed by atoms with Crippen molar-refractivity contribution in [3.63, 3.8) is 0 Å². The van der Waals surface area contributed by atoms with E-state index in [-0.39, 0.29) is 40.8 Å². The number of hydrogen-bond acceptors (Lipinski definition) is 9. The smallest absolute Gasteiger partial charge is 0.350 e. The number of aromatic nitrogens is 4. The van der Waals surface area contributed by atoms with Gasteiger partial charge in [0.2, 0.25) is 0 Å². The third-order valence-corrected chi connectivity index (χ3v) is 7.39. The van der Waals surface area contributed by atoms with E-state index >= 15 is 0 Å². The van der Waals surface area contributed by atoms with Crippen LogP contribution in [0, 0.1) is 24.2 Å². The highest BCUT2D eigenvalue weighted by atomic mass is 35.5. The molecule has 0 unspecified atom stereocenters. The first-order valence-electron chi connectivity index (χ1n) is 11.1. The predicted molar refractivity (Wildman–Crippen MR) is 132 cm³/mol. The number of piperidine rings is 1. The molecule has 0 radical (unpaired) electrons. The van der Waals surface area contributed by atoms with Gasteiger partial charge in [-0.1, -0.05) is 29.9 Å². The summed E-state index contributed by atoms with van der Waals surface area (Å²) in [6, 6.07) is 1.89. The summed E-state index contributed by atoms with van der Waals surface area (Å²) in [5, 5.41) is 13.4. The van der Waals surface area contributed by atoms with E-state index in [2.05, 4.69) is 25.2 Å². The summed E-state index contributed by atoms with van der Waals surface area (Å²) in [4.78, 5) is 43.9. The van der Waals surface area contributed by atoms with Crippen LogP contribution >= 0.6 is 22.9 Å². The lowest BCUT2D eigenvalue weighted by Gasteiger charge is -2.37. The molecule has 1 amide bonds. The van der Waals surface area contributed by atoms with Crippen LogP contribution in [0.15, 0.2) is 18.6 Å². The molecule has 2 atom stereocenters. The van der Waals surface area contributed by atoms with Gasteiger partial charge in [-0.2, -0.15) is 5.26 Å². The van der Waals surface area contributed by atoms with Gasteiger partial charge in [-0.25, -0.2) is 9.78 Å². The van der Waals surface area contributed by atoms with Crippen LogP contribution in [0.25, 0.3) is 11.4 Å². The molecule has 0 aliphatic carbocycles. The Kier molecular flexibility index (Phi) is 7.33. The van der Waals surface area contributed by atoms with Crippen molar-refractivity contribution in [1.82, 2.24) is 25.3 Å². The molecule has 4 heterocycles. The number of amides is 1. The van der Waals surface area contributed by atoms with Gasteiger partial charge in [0.15, 0.2) is 5.13 Å². The number of aromatic amines is 1. The minimum absolute atomic E-state index is 0.0830. The van der Waals surface area contributed by atoms with Gasteiger partial charge in [-0.05, 0) is 26.2 Å². The molecule has 1 saturated heterocycles. The number of anilines is 1. The molecule has 1 fully saturated rings. The molecule has 2 N–H and O–H groups in total. The van der Waals surface area contributed by atoms with Crippen molar-refractivity contribution < 1.29 is 14.3 Å². The van der Waals surface area contributed by atoms with E-state index in [0.29, 0.717) is 46.6 Å². The molecular formula is C23H24ClN7O3S. The number of rotatable bonds is 6. The molecule has 4 rings (SSSR count). The van der Waals surface area contributed by atoms with Crippen molar-refractivity contribution in [2.45, 2.75) is 33.2 Å². The first-order chi connectivity index (χ1) is 16.8. The second-order valence-electron chi connectivity index (χ2n) is 8.20. The van der Waals surface area contributed by atoms with Gasteiger partial charge in [0, 0.05) is 37.2 Å². The molecule has 3 aromatic heterocycles. The molecular weight excluding hydrogens is 490 g/mol. The molecule has 12 heteroatoms. The minimum atomic E-state index is -0.444. The molecule has 1 aliphatic heterocycles. The molecule has 35 heavy (non-hydrogen) atoms. The number of nitrogens with one attached hydrogen (secondary N) is 2. The number of nitrogens with zero attached hydrogens (tertiary/aromatic N) is 5. The first-order valence-corrected chi connectivity index (χ1v) is 12.3. The van der Waals surface area contributed by atoms with Gasteiger partial charge >= 0.3 is 5.97 Å². The lowest BCUT2D eigenvalue weighted by Crippen LogP contribution is -2.50. The van der Waals surface area contributed by atoms with E-state index in [1.54, 1.807) is 32.4 Å². The Morgan fingerprint density at radius 1 is 1.43 bits per heavy atom. The molecule has 182 valence electrons. The average molecular weight is 514 g/mol. The van der Waals surface area contributed by atoms with Gasteiger partial charge in [0.05, 0.1) is 17.8 Å². The Bertz CT molecular complexity index is 1280. The third-order valence-electron chi connectivity index (χ3n) is 5.82. The zero-order valence-electron chi connectivity index (χ0n) is 19.5. The number of ether oxygens (including phenoxy) is 1. The number of nitriles is 1. The van der Waals surface area contributed by atoms with Crippen LogP contribution in [0.4, 0.5) is 5.13 Å². The van der Waals surface area contributed by atoms with E-state index in [0.717, 1.165) is 0 Å². The monoisotopic (exact) mass is 513 g/mol. The minimum Gasteiger partial charge on any atom is -0.462 e. The molecule has 0 saturated carbocycles. The van der Waals surface area contributed by atoms with E-state index in [4.69, 9.17) is 21.3 Å². The van der Waals surface area contributed by atoms with Crippen LogP contribution in [-0.2, 0) is 4.74 Å². The summed E-state index contributed by atoms with van der Waals surface area (Å²) in [6.45, 7) is 7.02. The van der Waals surface area contributed by atoms with Crippen LogP contribution in [-0.4, -0.2) is 57.6 Å². The van der Waals surface area contributed by atoms with Gasteiger partial charge < -0.3 is 19.9 Å². The van der Waals surface area contributed by atoms with Crippen molar-refractivity contribution in [2.24, 2.45) is 5.92 Å². The van der Waals surface area contributed by atoms with Crippen LogP contribution in [0.1, 0.15) is 51.7 Å². The Morgan fingerprint density at radius 2 is 2.23 bits per heavy atom. The number of hydrogen-bond donors (Lipinski definition) is 2. The normalized spacial score (nSPS) is 17.6. The van der Waals surface area contributed by atoms with E-state index in [1.165, 1.54) is 11.3 Å². The van der Waals surface area contributed by atoms with E-state index in [1.807, 2.05) is 13.0 Å². The Balaban J connectivity index is 1.51. The highest BCUT2D eigenvalue weighted by Gasteiger charge is 2.32. The maximum atomic E-state index is 12.9. The summed E-state index contributed by atoms with van der Waals surface area (Å²) in [6.07, 6.45) is 5.34. The topological polar surface area (TPSA) is 137 Å². The summed E-state index contributed by atoms with van der Waals surface area (Å²) in [7, 11) is 0. The van der Waals surface area contributed by atoms with Crippen molar-refractivity contribution >= 4 is 39.9 Å². The SMILES string of the molecule is CCOC(=O)c1sc(N2CC[C@@H](NC(=O)c3[nH]c(C)c(Cl)c3C#N)[C@@H](C)C2)nc1-c1cnccn1. The molecule has 1 aliphatic rings. The van der Waals surface area contributed by atoms with E-state index in [9.17, 15) is 14.9 Å². The van der Waals surface area contributed by atoms with Gasteiger partial charge in [0.25, 0.3) is 5.91 Å². The number of halogens is 1. The maximum Gasteiger partial charge on any atom is 0.350 e. The van der Waals surface area contributed by atoms with Crippen molar-refractivity contribution in [1.29, 1.82) is 5.26 Å². The standard InChI is InChI=1S/C23H24ClN7O3S/c1-4-34-22(33)20-19(16-10-26-6-7-27-16)30-23(35-20)31-8-5-15(12(2)11-31)29-21(32)18-14(9-25)17(24)13(3)28-18/h6-7,10,12,15,28H,4-5,8,11H2,1-3H3,(H,29,32)/t12-,15+/m0/s1. The summed E-state index contributed by atoms with van der Waals surface area (Å²) in [5.74, 6) is -0.717. The zero-order valence-corrected chi connectivity index (χ0v) is 21.0. The Hall–Kier alpha value is -3.49. The van der Waals surface area contributed by atoms with Crippen LogP contribution in [0.2, 0.25) is 5.02 Å². The van der Waals surface area contributed by atoms with Gasteiger partial charge in [-0.15, -0.1) is 0 Å². The maximum absolute atomic E-state index is 12.9. The van der Waals surface area contributed by atoms with Crippen LogP contribution in [0.5, 0.6) is 0 Å². The van der Waals surface area contributed by atoms with E-state index < -0.39 is 5.97 Å². The lowest BCUT2D eigenvalue weighted by molar-refractivity contribution is 0.0532. The third kappa shape index (κ3) is 4.99. The fourth-order valence-electron chi connectivity index (χ4n) is 4.03. The number of carbonyl (C=O) groups excluding carboxylic acids is 2. The molecule has 0 spiro atoms. The Morgan fingerprint density at radius 3 is 2.89 bits per heavy atom. The first kappa shape index (κ1) is 24.6. The molecule has 3 aromatic rings. The molecule has 10 nitrogen and oxygen atoms in total. The highest BCUT2D eigenvalue weighted by molar-refractivity contribution is 7.17. The second kappa shape index (κ2) is 10.4. The fourth-order valence-corrected chi connectivity index (χ4v) is 5.21. The predicted octanol–water partition coefficient (Wildman–Crippen LogP) is 3.58. The lowest BCUT2D eigenvalue weighted by atomic mass is 9.94. The summed E-state index contributed by atoms with van der Waals surface area (Å²) >= 11 is 7.39. The van der Waals surface area contributed by atoms with Gasteiger partial charge in [-0.3, -0.25) is 14.8 Å². The van der Waals surface area contributed by atoms with Crippen molar-refractivity contribution in [3.05, 3.63) is 45.4 Å². The number of thiazole rings is 1. The van der Waals surface area contributed by atoms with Crippen molar-refractivity contribution in [3.8, 4) is 17.5 Å². The molecule has 0 aromatic carbocycles. The number of carbonyl (C=O) groups is 2. The zero-order chi connectivity index (χ0) is 25.1. The number of esters is 1. The van der Waals surface area contributed by atoms with Crippen LogP contribution < -0.4 is 10.2 Å². The van der Waals surface area contributed by atoms with Crippen LogP contribution in [0.3, 0.4) is 0 Å². The Labute approximate surface area is 211 Å². The number of H-pyrrole nitrogens is 1. The highest BCUT2D eigenvalue weighted by Crippen LogP contribution is 2.35. The quantitative estimate of drug-likeness (QED) is 0.477. The largest absolute Gasteiger partial charge is 0.462 e. The number of aryl methyl sites for hydroxylation is 1. The summed E-state index contributed by atoms with van der Waals surface area (Å²) in [5.41, 5.74) is 1.86. The fraction of sp³-hybridized carbons (Fsp3) is 0.391. The second-order valence-corrected chi connectivity index (χ2v) is 9.56.